The number of thiazole rings is 1. The van der Waals surface area contributed by atoms with E-state index in [2.05, 4.69) is 4.98 Å². The second kappa shape index (κ2) is 5.48. The topological polar surface area (TPSA) is 59.5 Å². The number of methoxy groups -OCH3 is 1. The lowest BCUT2D eigenvalue weighted by atomic mass is 10.0. The van der Waals surface area contributed by atoms with E-state index in [0.29, 0.717) is 17.8 Å². The van der Waals surface area contributed by atoms with Crippen molar-refractivity contribution >= 4 is 23.2 Å². The first kappa shape index (κ1) is 13.0. The van der Waals surface area contributed by atoms with E-state index in [1.165, 1.54) is 18.4 Å². The van der Waals surface area contributed by atoms with Gasteiger partial charge in [0.2, 0.25) is 0 Å². The number of esters is 1. The Morgan fingerprint density at radius 1 is 1.50 bits per heavy atom. The molecule has 1 fully saturated rings. The number of carbonyl (C=O) groups is 2. The molecule has 5 nitrogen and oxygen atoms in total. The molecule has 6 heteroatoms. The molecule has 1 atom stereocenters. The van der Waals surface area contributed by atoms with Crippen LogP contribution >= 0.6 is 11.3 Å². The monoisotopic (exact) mass is 268 g/mol. The molecule has 0 aliphatic carbocycles. The summed E-state index contributed by atoms with van der Waals surface area (Å²) in [6.45, 7) is 2.46. The van der Waals surface area contributed by atoms with Crippen LogP contribution < -0.4 is 0 Å². The number of ether oxygens (including phenoxy) is 1. The van der Waals surface area contributed by atoms with E-state index < -0.39 is 6.04 Å². The predicted molar refractivity (Wildman–Crippen MR) is 67.5 cm³/mol. The summed E-state index contributed by atoms with van der Waals surface area (Å²) in [5.74, 6) is -0.444. The zero-order chi connectivity index (χ0) is 13.1. The van der Waals surface area contributed by atoms with E-state index in [4.69, 9.17) is 4.74 Å². The number of aromatic nitrogens is 1. The van der Waals surface area contributed by atoms with Crippen LogP contribution in [0.2, 0.25) is 0 Å². The molecule has 18 heavy (non-hydrogen) atoms. The molecule has 1 aromatic rings. The number of amides is 1. The van der Waals surface area contributed by atoms with Gasteiger partial charge in [0.15, 0.2) is 0 Å². The summed E-state index contributed by atoms with van der Waals surface area (Å²) in [6.07, 6.45) is 4.13. The number of hydrogen-bond donors (Lipinski definition) is 0. The third kappa shape index (κ3) is 2.53. The van der Waals surface area contributed by atoms with E-state index in [9.17, 15) is 9.59 Å². The van der Waals surface area contributed by atoms with Crippen LogP contribution in [-0.2, 0) is 9.53 Å². The van der Waals surface area contributed by atoms with Gasteiger partial charge in [0, 0.05) is 6.54 Å². The normalized spacial score (nSPS) is 19.7. The molecule has 0 radical (unpaired) electrons. The van der Waals surface area contributed by atoms with Gasteiger partial charge in [0.1, 0.15) is 10.9 Å². The lowest BCUT2D eigenvalue weighted by Gasteiger charge is -2.33. The van der Waals surface area contributed by atoms with Gasteiger partial charge in [-0.3, -0.25) is 4.79 Å². The number of rotatable bonds is 2. The molecule has 98 valence electrons. The van der Waals surface area contributed by atoms with Crippen LogP contribution in [0.5, 0.6) is 0 Å². The highest BCUT2D eigenvalue weighted by molar-refractivity contribution is 7.13. The first-order valence-electron chi connectivity index (χ1n) is 5.94. The van der Waals surface area contributed by atoms with Crippen molar-refractivity contribution in [1.29, 1.82) is 0 Å². The molecular weight excluding hydrogens is 252 g/mol. The molecule has 1 amide bonds. The highest BCUT2D eigenvalue weighted by Gasteiger charge is 2.33. The number of nitrogens with zero attached hydrogens (tertiary/aromatic N) is 2. The fourth-order valence-corrected chi connectivity index (χ4v) is 2.89. The summed E-state index contributed by atoms with van der Waals surface area (Å²) in [5.41, 5.74) is 0. The van der Waals surface area contributed by atoms with E-state index in [0.717, 1.165) is 17.8 Å². The largest absolute Gasteiger partial charge is 0.467 e. The van der Waals surface area contributed by atoms with Crippen LogP contribution in [0.3, 0.4) is 0 Å². The van der Waals surface area contributed by atoms with Crippen LogP contribution in [0.15, 0.2) is 6.20 Å². The van der Waals surface area contributed by atoms with Gasteiger partial charge < -0.3 is 9.64 Å². The van der Waals surface area contributed by atoms with Crippen molar-refractivity contribution in [2.75, 3.05) is 13.7 Å². The number of likely N-dealkylation sites (tertiary alicyclic amines) is 1. The van der Waals surface area contributed by atoms with Crippen LogP contribution in [0.4, 0.5) is 0 Å². The van der Waals surface area contributed by atoms with E-state index in [-0.39, 0.29) is 11.9 Å². The van der Waals surface area contributed by atoms with Gasteiger partial charge in [-0.2, -0.15) is 0 Å². The van der Waals surface area contributed by atoms with Crippen LogP contribution in [0, 0.1) is 6.92 Å². The molecule has 1 aromatic heterocycles. The average molecular weight is 268 g/mol. The van der Waals surface area contributed by atoms with Crippen molar-refractivity contribution in [1.82, 2.24) is 9.88 Å². The summed E-state index contributed by atoms with van der Waals surface area (Å²) in [6, 6.07) is -0.446. The SMILES string of the molecule is COC(=O)[C@H]1CCCCN1C(=O)c1cnc(C)s1. The third-order valence-electron chi connectivity index (χ3n) is 3.07. The van der Waals surface area contributed by atoms with Gasteiger partial charge in [-0.05, 0) is 26.2 Å². The van der Waals surface area contributed by atoms with Crippen molar-refractivity contribution in [2.45, 2.75) is 32.2 Å². The maximum absolute atomic E-state index is 12.3. The first-order chi connectivity index (χ1) is 8.63. The Morgan fingerprint density at radius 2 is 2.28 bits per heavy atom. The standard InChI is InChI=1S/C12H16N2O3S/c1-8-13-7-10(18-8)11(15)14-6-4-3-5-9(14)12(16)17-2/h7,9H,3-6H2,1-2H3/t9-/m1/s1. The Labute approximate surface area is 110 Å². The van der Waals surface area contributed by atoms with Crippen molar-refractivity contribution in [3.8, 4) is 0 Å². The smallest absolute Gasteiger partial charge is 0.328 e. The van der Waals surface area contributed by atoms with Gasteiger partial charge in [-0.15, -0.1) is 11.3 Å². The Kier molecular flexibility index (Phi) is 3.96. The van der Waals surface area contributed by atoms with E-state index >= 15 is 0 Å². The average Bonchev–Trinajstić information content (AvgIpc) is 2.83. The molecule has 0 unspecified atom stereocenters. The number of hydrogen-bond acceptors (Lipinski definition) is 5. The molecule has 0 saturated carbocycles. The zero-order valence-electron chi connectivity index (χ0n) is 10.5. The Balaban J connectivity index is 2.18. The first-order valence-corrected chi connectivity index (χ1v) is 6.76. The Bertz CT molecular complexity index is 458. The molecular formula is C12H16N2O3S. The zero-order valence-corrected chi connectivity index (χ0v) is 11.3. The van der Waals surface area contributed by atoms with Crippen LogP contribution in [0.1, 0.15) is 33.9 Å². The summed E-state index contributed by atoms with van der Waals surface area (Å²) >= 11 is 1.36. The Morgan fingerprint density at radius 3 is 2.89 bits per heavy atom. The highest BCUT2D eigenvalue weighted by Crippen LogP contribution is 2.22. The number of aryl methyl sites for hydroxylation is 1. The molecule has 1 aliphatic rings. The lowest BCUT2D eigenvalue weighted by molar-refractivity contribution is -0.147. The molecule has 2 heterocycles. The fraction of sp³-hybridized carbons (Fsp3) is 0.583. The molecule has 1 saturated heterocycles. The van der Waals surface area contributed by atoms with Crippen molar-refractivity contribution in [2.24, 2.45) is 0 Å². The fourth-order valence-electron chi connectivity index (χ4n) is 2.16. The van der Waals surface area contributed by atoms with E-state index in [1.807, 2.05) is 6.92 Å². The van der Waals surface area contributed by atoms with Gasteiger partial charge in [-0.1, -0.05) is 0 Å². The predicted octanol–water partition coefficient (Wildman–Crippen LogP) is 1.62. The quantitative estimate of drug-likeness (QED) is 0.765. The molecule has 2 rings (SSSR count). The third-order valence-corrected chi connectivity index (χ3v) is 3.97. The van der Waals surface area contributed by atoms with Gasteiger partial charge in [0.25, 0.3) is 5.91 Å². The Hall–Kier alpha value is -1.43. The summed E-state index contributed by atoms with van der Waals surface area (Å²) in [4.78, 5) is 30.3. The van der Waals surface area contributed by atoms with Crippen LogP contribution in [0.25, 0.3) is 0 Å². The summed E-state index contributed by atoms with van der Waals surface area (Å²) < 4.78 is 4.77. The van der Waals surface area contributed by atoms with E-state index in [1.54, 1.807) is 11.1 Å². The minimum atomic E-state index is -0.446. The van der Waals surface area contributed by atoms with Gasteiger partial charge >= 0.3 is 5.97 Å². The van der Waals surface area contributed by atoms with Crippen molar-refractivity contribution < 1.29 is 14.3 Å². The molecule has 0 N–H and O–H groups in total. The second-order valence-electron chi connectivity index (χ2n) is 4.28. The maximum atomic E-state index is 12.3. The number of carbonyl (C=O) groups excluding carboxylic acids is 2. The molecule has 0 aromatic carbocycles. The minimum Gasteiger partial charge on any atom is -0.467 e. The van der Waals surface area contributed by atoms with Gasteiger partial charge in [0.05, 0.1) is 18.3 Å². The minimum absolute atomic E-state index is 0.115. The lowest BCUT2D eigenvalue weighted by Crippen LogP contribution is -2.48. The highest BCUT2D eigenvalue weighted by atomic mass is 32.1. The van der Waals surface area contributed by atoms with Crippen molar-refractivity contribution in [3.63, 3.8) is 0 Å². The molecule has 1 aliphatic heterocycles. The molecule has 0 spiro atoms. The second-order valence-corrected chi connectivity index (χ2v) is 5.51. The number of piperidine rings is 1. The van der Waals surface area contributed by atoms with Gasteiger partial charge in [-0.25, -0.2) is 9.78 Å². The maximum Gasteiger partial charge on any atom is 0.328 e. The summed E-state index contributed by atoms with van der Waals surface area (Å²) in [7, 11) is 1.36. The molecule has 0 bridgehead atoms. The van der Waals surface area contributed by atoms with Crippen LogP contribution in [-0.4, -0.2) is 41.5 Å². The van der Waals surface area contributed by atoms with Crippen molar-refractivity contribution in [3.05, 3.63) is 16.1 Å². The summed E-state index contributed by atoms with van der Waals surface area (Å²) in [5, 5.41) is 0.852.